The Morgan fingerprint density at radius 3 is 3.00 bits per heavy atom. The zero-order valence-corrected chi connectivity index (χ0v) is 9.36. The van der Waals surface area contributed by atoms with E-state index in [4.69, 9.17) is 16.7 Å². The molecule has 0 saturated heterocycles. The number of hydrogen-bond donors (Lipinski definition) is 2. The first-order valence-electron chi connectivity index (χ1n) is 4.30. The van der Waals surface area contributed by atoms with E-state index in [-0.39, 0.29) is 5.91 Å². The Labute approximate surface area is 91.7 Å². The van der Waals surface area contributed by atoms with Gasteiger partial charge >= 0.3 is 0 Å². The number of aliphatic hydroxyl groups is 1. The van der Waals surface area contributed by atoms with E-state index in [0.717, 1.165) is 0 Å². The van der Waals surface area contributed by atoms with Gasteiger partial charge in [0.2, 0.25) is 5.91 Å². The lowest BCUT2D eigenvalue weighted by Crippen LogP contribution is -2.13. The standard InChI is InChI=1S/C9H12ClNO2S/c1-6(12)2-3-8(13)11-7-4-5-14-9(7)10/h4-6,12H,2-3H2,1H3,(H,11,13). The van der Waals surface area contributed by atoms with Crippen molar-refractivity contribution >= 4 is 34.5 Å². The van der Waals surface area contributed by atoms with Crippen molar-refractivity contribution in [1.82, 2.24) is 0 Å². The first-order valence-corrected chi connectivity index (χ1v) is 5.56. The van der Waals surface area contributed by atoms with E-state index in [9.17, 15) is 4.79 Å². The molecule has 14 heavy (non-hydrogen) atoms. The van der Waals surface area contributed by atoms with Gasteiger partial charge in [-0.1, -0.05) is 11.6 Å². The minimum Gasteiger partial charge on any atom is -0.393 e. The molecule has 5 heteroatoms. The Kier molecular flexibility index (Phi) is 4.38. The first kappa shape index (κ1) is 11.5. The van der Waals surface area contributed by atoms with Crippen LogP contribution in [0.15, 0.2) is 11.4 Å². The largest absolute Gasteiger partial charge is 0.393 e. The molecule has 3 nitrogen and oxygen atoms in total. The number of carbonyl (C=O) groups is 1. The Morgan fingerprint density at radius 1 is 1.79 bits per heavy atom. The molecule has 0 radical (unpaired) electrons. The number of amides is 1. The number of halogens is 1. The zero-order valence-electron chi connectivity index (χ0n) is 7.79. The van der Waals surface area contributed by atoms with Crippen molar-refractivity contribution in [2.24, 2.45) is 0 Å². The van der Waals surface area contributed by atoms with Crippen molar-refractivity contribution in [2.75, 3.05) is 5.32 Å². The van der Waals surface area contributed by atoms with E-state index in [1.54, 1.807) is 13.0 Å². The van der Waals surface area contributed by atoms with E-state index in [1.807, 2.05) is 5.38 Å². The quantitative estimate of drug-likeness (QED) is 0.840. The number of rotatable bonds is 4. The summed E-state index contributed by atoms with van der Waals surface area (Å²) in [6.07, 6.45) is 0.330. The Hall–Kier alpha value is -0.580. The number of hydrogen-bond acceptors (Lipinski definition) is 3. The van der Waals surface area contributed by atoms with Crippen molar-refractivity contribution < 1.29 is 9.90 Å². The molecule has 1 aromatic rings. The predicted octanol–water partition coefficient (Wildman–Crippen LogP) is 2.50. The summed E-state index contributed by atoms with van der Waals surface area (Å²) in [6, 6.07) is 1.76. The second-order valence-electron chi connectivity index (χ2n) is 3.04. The van der Waals surface area contributed by atoms with Crippen LogP contribution in [-0.4, -0.2) is 17.1 Å². The van der Waals surface area contributed by atoms with Crippen molar-refractivity contribution in [3.05, 3.63) is 15.8 Å². The van der Waals surface area contributed by atoms with Crippen molar-refractivity contribution in [2.45, 2.75) is 25.9 Å². The van der Waals surface area contributed by atoms with Gasteiger partial charge in [0.1, 0.15) is 4.34 Å². The Balaban J connectivity index is 2.38. The third-order valence-electron chi connectivity index (χ3n) is 1.68. The molecule has 0 spiro atoms. The van der Waals surface area contributed by atoms with E-state index >= 15 is 0 Å². The number of anilines is 1. The fourth-order valence-corrected chi connectivity index (χ4v) is 1.77. The SMILES string of the molecule is CC(O)CCC(=O)Nc1ccsc1Cl. The second-order valence-corrected chi connectivity index (χ2v) is 4.56. The van der Waals surface area contributed by atoms with Gasteiger partial charge in [-0.05, 0) is 24.8 Å². The molecule has 2 N–H and O–H groups in total. The van der Waals surface area contributed by atoms with Crippen LogP contribution in [0, 0.1) is 0 Å². The summed E-state index contributed by atoms with van der Waals surface area (Å²) in [7, 11) is 0. The summed E-state index contributed by atoms with van der Waals surface area (Å²) >= 11 is 7.17. The van der Waals surface area contributed by atoms with Crippen LogP contribution in [0.1, 0.15) is 19.8 Å². The van der Waals surface area contributed by atoms with Crippen molar-refractivity contribution in [1.29, 1.82) is 0 Å². The van der Waals surface area contributed by atoms with Gasteiger partial charge in [0.05, 0.1) is 11.8 Å². The maximum Gasteiger partial charge on any atom is 0.224 e. The summed E-state index contributed by atoms with van der Waals surface area (Å²) in [5, 5.41) is 13.5. The lowest BCUT2D eigenvalue weighted by molar-refractivity contribution is -0.116. The van der Waals surface area contributed by atoms with E-state index in [1.165, 1.54) is 11.3 Å². The Bertz CT molecular complexity index is 312. The summed E-state index contributed by atoms with van der Waals surface area (Å²) in [5.41, 5.74) is 0.646. The monoisotopic (exact) mass is 233 g/mol. The van der Waals surface area contributed by atoms with Crippen molar-refractivity contribution in [3.8, 4) is 0 Å². The molecule has 1 unspecified atom stereocenters. The normalized spacial score (nSPS) is 12.5. The Morgan fingerprint density at radius 2 is 2.50 bits per heavy atom. The first-order chi connectivity index (χ1) is 6.59. The molecule has 0 aliphatic rings. The average Bonchev–Trinajstić information content (AvgIpc) is 2.49. The predicted molar refractivity (Wildman–Crippen MR) is 58.9 cm³/mol. The minimum absolute atomic E-state index is 0.119. The minimum atomic E-state index is -0.446. The van der Waals surface area contributed by atoms with Crippen LogP contribution < -0.4 is 5.32 Å². The van der Waals surface area contributed by atoms with E-state index < -0.39 is 6.10 Å². The molecule has 0 aliphatic heterocycles. The molecule has 1 aromatic heterocycles. The average molecular weight is 234 g/mol. The van der Waals surface area contributed by atoms with Crippen LogP contribution in [0.3, 0.4) is 0 Å². The van der Waals surface area contributed by atoms with Crippen LogP contribution in [0.25, 0.3) is 0 Å². The molecule has 1 amide bonds. The third kappa shape index (κ3) is 3.65. The number of carbonyl (C=O) groups excluding carboxylic acids is 1. The van der Waals surface area contributed by atoms with E-state index in [2.05, 4.69) is 5.32 Å². The molecule has 0 fully saturated rings. The lowest BCUT2D eigenvalue weighted by Gasteiger charge is -2.04. The fraction of sp³-hybridized carbons (Fsp3) is 0.444. The number of aliphatic hydroxyl groups excluding tert-OH is 1. The summed E-state index contributed by atoms with van der Waals surface area (Å²) in [4.78, 5) is 11.3. The molecule has 0 aliphatic carbocycles. The van der Waals surface area contributed by atoms with Gasteiger partial charge in [-0.2, -0.15) is 0 Å². The van der Waals surface area contributed by atoms with Crippen LogP contribution in [0.2, 0.25) is 4.34 Å². The van der Waals surface area contributed by atoms with Gasteiger partial charge < -0.3 is 10.4 Å². The van der Waals surface area contributed by atoms with Gasteiger partial charge in [0, 0.05) is 6.42 Å². The zero-order chi connectivity index (χ0) is 10.6. The third-order valence-corrected chi connectivity index (χ3v) is 2.85. The van der Waals surface area contributed by atoms with Crippen molar-refractivity contribution in [3.63, 3.8) is 0 Å². The van der Waals surface area contributed by atoms with Gasteiger partial charge in [-0.25, -0.2) is 0 Å². The number of nitrogens with one attached hydrogen (secondary N) is 1. The highest BCUT2D eigenvalue weighted by molar-refractivity contribution is 7.15. The highest BCUT2D eigenvalue weighted by atomic mass is 35.5. The summed E-state index contributed by atoms with van der Waals surface area (Å²) in [6.45, 7) is 1.66. The molecular formula is C9H12ClNO2S. The fourth-order valence-electron chi connectivity index (χ4n) is 0.934. The molecule has 1 rings (SSSR count). The van der Waals surface area contributed by atoms with Crippen LogP contribution in [-0.2, 0) is 4.79 Å². The maximum atomic E-state index is 11.3. The lowest BCUT2D eigenvalue weighted by atomic mass is 10.2. The molecular weight excluding hydrogens is 222 g/mol. The topological polar surface area (TPSA) is 49.3 Å². The molecule has 0 aromatic carbocycles. The highest BCUT2D eigenvalue weighted by Crippen LogP contribution is 2.27. The van der Waals surface area contributed by atoms with Crippen LogP contribution in [0.4, 0.5) is 5.69 Å². The highest BCUT2D eigenvalue weighted by Gasteiger charge is 2.07. The number of thiophene rings is 1. The smallest absolute Gasteiger partial charge is 0.224 e. The van der Waals surface area contributed by atoms with E-state index in [0.29, 0.717) is 22.9 Å². The van der Waals surface area contributed by atoms with Gasteiger partial charge in [-0.15, -0.1) is 11.3 Å². The van der Waals surface area contributed by atoms with Gasteiger partial charge in [0.25, 0.3) is 0 Å². The van der Waals surface area contributed by atoms with Gasteiger partial charge in [-0.3, -0.25) is 4.79 Å². The molecule has 1 heterocycles. The molecule has 0 bridgehead atoms. The van der Waals surface area contributed by atoms with Gasteiger partial charge in [0.15, 0.2) is 0 Å². The summed E-state index contributed by atoms with van der Waals surface area (Å²) in [5.74, 6) is -0.119. The summed E-state index contributed by atoms with van der Waals surface area (Å²) < 4.78 is 0.579. The molecule has 78 valence electrons. The van der Waals surface area contributed by atoms with Crippen LogP contribution in [0.5, 0.6) is 0 Å². The maximum absolute atomic E-state index is 11.3. The molecule has 0 saturated carbocycles. The molecule has 1 atom stereocenters. The van der Waals surface area contributed by atoms with Crippen LogP contribution >= 0.6 is 22.9 Å². The second kappa shape index (κ2) is 5.34.